The molecule has 7 heteroatoms. The summed E-state index contributed by atoms with van der Waals surface area (Å²) < 4.78 is 23.7. The number of rotatable bonds is 8. The molecule has 1 aliphatic carbocycles. The molecule has 3 N–H and O–H groups in total. The molecular weight excluding hydrogens is 338 g/mol. The predicted octanol–water partition coefficient (Wildman–Crippen LogP) is 2.09. The van der Waals surface area contributed by atoms with Crippen LogP contribution < -0.4 is 10.6 Å². The highest BCUT2D eigenvalue weighted by molar-refractivity contribution is 7.92. The van der Waals surface area contributed by atoms with Gasteiger partial charge in [0.15, 0.2) is 15.8 Å². The highest BCUT2D eigenvalue weighted by atomic mass is 32.2. The van der Waals surface area contributed by atoms with Crippen molar-refractivity contribution in [1.82, 2.24) is 10.6 Å². The van der Waals surface area contributed by atoms with Gasteiger partial charge in [-0.3, -0.25) is 4.99 Å². The van der Waals surface area contributed by atoms with Crippen molar-refractivity contribution in [3.8, 4) is 0 Å². The summed E-state index contributed by atoms with van der Waals surface area (Å²) in [5.74, 6) is 0.748. The van der Waals surface area contributed by atoms with Crippen molar-refractivity contribution in [2.24, 2.45) is 10.4 Å². The van der Waals surface area contributed by atoms with Gasteiger partial charge < -0.3 is 15.7 Å². The maximum atomic E-state index is 12.2. The van der Waals surface area contributed by atoms with E-state index in [2.05, 4.69) is 10.6 Å². The average molecular weight is 376 g/mol. The molecule has 0 atom stereocenters. The summed E-state index contributed by atoms with van der Waals surface area (Å²) in [5, 5.41) is 15.7. The Balaban J connectivity index is 2.67. The van der Waals surface area contributed by atoms with Crippen LogP contribution in [0.2, 0.25) is 0 Å². The minimum absolute atomic E-state index is 0.0860. The lowest BCUT2D eigenvalue weighted by Crippen LogP contribution is -2.42. The fourth-order valence-corrected chi connectivity index (χ4v) is 4.21. The number of nitrogens with one attached hydrogen (secondary N) is 2. The van der Waals surface area contributed by atoms with Crippen LogP contribution in [0, 0.1) is 5.41 Å². The molecule has 0 bridgehead atoms. The molecule has 0 amide bonds. The van der Waals surface area contributed by atoms with E-state index in [1.54, 1.807) is 20.8 Å². The molecule has 1 saturated carbocycles. The molecule has 6 nitrogen and oxygen atoms in total. The van der Waals surface area contributed by atoms with Crippen LogP contribution in [0.3, 0.4) is 0 Å². The fraction of sp³-hybridized carbons (Fsp3) is 0.944. The maximum Gasteiger partial charge on any atom is 0.191 e. The minimum atomic E-state index is -3.14. The van der Waals surface area contributed by atoms with Crippen LogP contribution >= 0.6 is 0 Å². The van der Waals surface area contributed by atoms with Crippen LogP contribution in [0.4, 0.5) is 0 Å². The first-order valence-corrected chi connectivity index (χ1v) is 11.2. The quantitative estimate of drug-likeness (QED) is 0.446. The van der Waals surface area contributed by atoms with Crippen molar-refractivity contribution in [1.29, 1.82) is 0 Å². The van der Waals surface area contributed by atoms with Crippen LogP contribution in [0.1, 0.15) is 66.2 Å². The summed E-state index contributed by atoms with van der Waals surface area (Å²) in [6.45, 7) is 9.12. The van der Waals surface area contributed by atoms with Gasteiger partial charge in [0.2, 0.25) is 0 Å². The number of aliphatic hydroxyl groups is 1. The van der Waals surface area contributed by atoms with Gasteiger partial charge in [-0.2, -0.15) is 0 Å². The second-order valence-electron chi connectivity index (χ2n) is 8.09. The minimum Gasteiger partial charge on any atom is -0.396 e. The number of guanidine groups is 1. The molecule has 0 aromatic heterocycles. The second-order valence-corrected chi connectivity index (χ2v) is 10.9. The largest absolute Gasteiger partial charge is 0.396 e. The fourth-order valence-electron chi connectivity index (χ4n) is 3.22. The predicted molar refractivity (Wildman–Crippen MR) is 105 cm³/mol. The van der Waals surface area contributed by atoms with Crippen LogP contribution in [-0.2, 0) is 9.84 Å². The van der Waals surface area contributed by atoms with E-state index in [-0.39, 0.29) is 17.8 Å². The van der Waals surface area contributed by atoms with E-state index < -0.39 is 14.6 Å². The van der Waals surface area contributed by atoms with E-state index >= 15 is 0 Å². The Kier molecular flexibility index (Phi) is 8.68. The zero-order valence-electron chi connectivity index (χ0n) is 16.4. The zero-order chi connectivity index (χ0) is 19.0. The Morgan fingerprint density at radius 3 is 2.32 bits per heavy atom. The average Bonchev–Trinajstić information content (AvgIpc) is 2.53. The van der Waals surface area contributed by atoms with Crippen molar-refractivity contribution in [3.63, 3.8) is 0 Å². The molecule has 0 heterocycles. The lowest BCUT2D eigenvalue weighted by atomic mass is 9.72. The van der Waals surface area contributed by atoms with Gasteiger partial charge in [-0.15, -0.1) is 0 Å². The molecule has 0 radical (unpaired) electrons. The number of hydrogen-bond donors (Lipinski definition) is 3. The summed E-state index contributed by atoms with van der Waals surface area (Å²) in [4.78, 5) is 4.70. The van der Waals surface area contributed by atoms with Gasteiger partial charge in [0.05, 0.1) is 10.5 Å². The monoisotopic (exact) mass is 375 g/mol. The van der Waals surface area contributed by atoms with Crippen molar-refractivity contribution >= 4 is 15.8 Å². The molecular formula is C18H37N3O3S. The highest BCUT2D eigenvalue weighted by Crippen LogP contribution is 2.39. The van der Waals surface area contributed by atoms with Gasteiger partial charge in [-0.1, -0.05) is 19.3 Å². The van der Waals surface area contributed by atoms with Crippen molar-refractivity contribution < 1.29 is 13.5 Å². The van der Waals surface area contributed by atoms with Crippen LogP contribution in [0.15, 0.2) is 4.99 Å². The standard InChI is InChI=1S/C18H37N3O3S/c1-5-19-16(20-12-14-25(23,24)17(2,3)4)21-15-18(11-13-22)9-7-6-8-10-18/h22H,5-15H2,1-4H3,(H2,19,20,21). The Labute approximate surface area is 153 Å². The number of nitrogens with zero attached hydrogens (tertiary/aromatic N) is 1. The third-order valence-electron chi connectivity index (χ3n) is 5.07. The van der Waals surface area contributed by atoms with Gasteiger partial charge >= 0.3 is 0 Å². The second kappa shape index (κ2) is 9.76. The van der Waals surface area contributed by atoms with E-state index in [1.807, 2.05) is 6.92 Å². The maximum absolute atomic E-state index is 12.2. The number of sulfone groups is 1. The molecule has 1 aliphatic rings. The summed E-state index contributed by atoms with van der Waals surface area (Å²) in [5.41, 5.74) is 0.0901. The van der Waals surface area contributed by atoms with E-state index in [4.69, 9.17) is 4.99 Å². The van der Waals surface area contributed by atoms with Gasteiger partial charge in [0.1, 0.15) is 0 Å². The van der Waals surface area contributed by atoms with Gasteiger partial charge in [-0.25, -0.2) is 8.42 Å². The zero-order valence-corrected chi connectivity index (χ0v) is 17.2. The van der Waals surface area contributed by atoms with E-state index in [1.165, 1.54) is 19.3 Å². The Hall–Kier alpha value is -0.820. The summed E-state index contributed by atoms with van der Waals surface area (Å²) >= 11 is 0. The first-order valence-electron chi connectivity index (χ1n) is 9.51. The lowest BCUT2D eigenvalue weighted by molar-refractivity contribution is 0.137. The molecule has 0 unspecified atom stereocenters. The van der Waals surface area contributed by atoms with E-state index in [9.17, 15) is 13.5 Å². The Bertz CT molecular complexity index is 513. The van der Waals surface area contributed by atoms with Gasteiger partial charge in [0.25, 0.3) is 0 Å². The number of aliphatic imine (C=N–C) groups is 1. The summed E-state index contributed by atoms with van der Waals surface area (Å²) in [7, 11) is -3.14. The summed E-state index contributed by atoms with van der Waals surface area (Å²) in [6, 6.07) is 0. The molecule has 0 aliphatic heterocycles. The number of aliphatic hydroxyl groups excluding tert-OH is 1. The molecule has 0 aromatic carbocycles. The van der Waals surface area contributed by atoms with E-state index in [0.717, 1.165) is 25.8 Å². The molecule has 25 heavy (non-hydrogen) atoms. The molecule has 0 aromatic rings. The SMILES string of the molecule is CCNC(=NCC1(CCO)CCCCC1)NCCS(=O)(=O)C(C)(C)C. The Morgan fingerprint density at radius 2 is 1.80 bits per heavy atom. The van der Waals surface area contributed by atoms with Crippen molar-refractivity contribution in [2.75, 3.05) is 32.0 Å². The smallest absolute Gasteiger partial charge is 0.191 e. The third kappa shape index (κ3) is 7.13. The highest BCUT2D eigenvalue weighted by Gasteiger charge is 2.31. The molecule has 1 fully saturated rings. The molecule has 148 valence electrons. The van der Waals surface area contributed by atoms with Crippen molar-refractivity contribution in [3.05, 3.63) is 0 Å². The topological polar surface area (TPSA) is 90.8 Å². The van der Waals surface area contributed by atoms with Gasteiger partial charge in [0, 0.05) is 26.2 Å². The molecule has 0 spiro atoms. The molecule has 1 rings (SSSR count). The van der Waals surface area contributed by atoms with Crippen LogP contribution in [0.5, 0.6) is 0 Å². The van der Waals surface area contributed by atoms with Gasteiger partial charge in [-0.05, 0) is 52.4 Å². The first-order chi connectivity index (χ1) is 11.7. The number of hydrogen-bond acceptors (Lipinski definition) is 4. The summed E-state index contributed by atoms with van der Waals surface area (Å²) in [6.07, 6.45) is 6.66. The third-order valence-corrected chi connectivity index (χ3v) is 7.68. The first kappa shape index (κ1) is 22.2. The molecule has 0 saturated heterocycles. The van der Waals surface area contributed by atoms with Crippen molar-refractivity contribution in [2.45, 2.75) is 71.0 Å². The van der Waals surface area contributed by atoms with Crippen LogP contribution in [-0.4, -0.2) is 56.2 Å². The lowest BCUT2D eigenvalue weighted by Gasteiger charge is -2.35. The van der Waals surface area contributed by atoms with E-state index in [0.29, 0.717) is 19.0 Å². The van der Waals surface area contributed by atoms with Crippen LogP contribution in [0.25, 0.3) is 0 Å². The Morgan fingerprint density at radius 1 is 1.16 bits per heavy atom. The normalized spacial score (nSPS) is 18.8.